The van der Waals surface area contributed by atoms with Crippen LogP contribution in [0.25, 0.3) is 0 Å². The van der Waals surface area contributed by atoms with Crippen LogP contribution in [-0.4, -0.2) is 71.8 Å². The fourth-order valence-electron chi connectivity index (χ4n) is 7.31. The number of aliphatic hydroxyl groups excluding tert-OH is 1. The normalized spacial score (nSPS) is 27.2. The van der Waals surface area contributed by atoms with E-state index in [-0.39, 0.29) is 24.3 Å². The predicted octanol–water partition coefficient (Wildman–Crippen LogP) is 4.38. The van der Waals surface area contributed by atoms with Gasteiger partial charge in [-0.05, 0) is 87.6 Å². The Kier molecular flexibility index (Phi) is 9.27. The van der Waals surface area contributed by atoms with E-state index in [1.165, 1.54) is 0 Å². The molecule has 0 aromatic heterocycles. The molecule has 5 atom stereocenters. The van der Waals surface area contributed by atoms with Crippen LogP contribution >= 0.6 is 0 Å². The Labute approximate surface area is 253 Å². The summed E-state index contributed by atoms with van der Waals surface area (Å²) in [5.74, 6) is -0.936. The second kappa shape index (κ2) is 12.9. The monoisotopic (exact) mass is 593 g/mol. The summed E-state index contributed by atoms with van der Waals surface area (Å²) in [7, 11) is 1.58. The van der Waals surface area contributed by atoms with Gasteiger partial charge in [0, 0.05) is 24.5 Å². The third-order valence-electron chi connectivity index (χ3n) is 9.31. The average Bonchev–Trinajstić information content (AvgIpc) is 3.62. The highest BCUT2D eigenvalue weighted by Crippen LogP contribution is 2.64. The maximum absolute atomic E-state index is 14.3. The van der Waals surface area contributed by atoms with Crippen LogP contribution in [0.3, 0.4) is 0 Å². The summed E-state index contributed by atoms with van der Waals surface area (Å²) in [6.07, 6.45) is 4.68. The molecule has 1 spiro atoms. The Morgan fingerprint density at radius 2 is 1.56 bits per heavy atom. The molecule has 3 saturated heterocycles. The average molecular weight is 594 g/mol. The number of fused-ring (bicyclic) bond motifs is 1. The predicted molar refractivity (Wildman–Crippen MR) is 162 cm³/mol. The van der Waals surface area contributed by atoms with Gasteiger partial charge in [0.25, 0.3) is 0 Å². The Balaban J connectivity index is 1.44. The van der Waals surface area contributed by atoms with Gasteiger partial charge in [-0.3, -0.25) is 14.4 Å². The van der Waals surface area contributed by atoms with Crippen molar-refractivity contribution in [2.24, 2.45) is 11.8 Å². The molecular formula is C33H43N3O7. The number of nitrogens with zero attached hydrogens (tertiary/aromatic N) is 1. The first-order chi connectivity index (χ1) is 20.8. The van der Waals surface area contributed by atoms with Crippen LogP contribution in [0.1, 0.15) is 58.8 Å². The van der Waals surface area contributed by atoms with Gasteiger partial charge in [0.1, 0.15) is 23.1 Å². The molecule has 3 N–H and O–H groups in total. The third-order valence-corrected chi connectivity index (χ3v) is 9.31. The molecule has 0 aliphatic carbocycles. The van der Waals surface area contributed by atoms with Crippen molar-refractivity contribution in [1.82, 2.24) is 4.90 Å². The van der Waals surface area contributed by atoms with Gasteiger partial charge in [0.15, 0.2) is 0 Å². The molecule has 2 bridgehead atoms. The molecule has 232 valence electrons. The fourth-order valence-corrected chi connectivity index (χ4v) is 7.31. The van der Waals surface area contributed by atoms with Gasteiger partial charge in [0.05, 0.1) is 31.2 Å². The number of ether oxygens (including phenoxy) is 3. The molecule has 5 rings (SSSR count). The van der Waals surface area contributed by atoms with E-state index in [0.29, 0.717) is 68.1 Å². The topological polar surface area (TPSA) is 126 Å². The smallest absolute Gasteiger partial charge is 0.250 e. The lowest BCUT2D eigenvalue weighted by Gasteiger charge is -2.34. The van der Waals surface area contributed by atoms with Gasteiger partial charge >= 0.3 is 0 Å². The Morgan fingerprint density at radius 1 is 0.930 bits per heavy atom. The first-order valence-corrected chi connectivity index (χ1v) is 15.4. The number of hydrogen-bond donors (Lipinski definition) is 3. The number of methoxy groups -OCH3 is 1. The Morgan fingerprint density at radius 3 is 2.16 bits per heavy atom. The molecule has 3 aliphatic rings. The molecular weight excluding hydrogens is 550 g/mol. The fraction of sp³-hybridized carbons (Fsp3) is 0.545. The summed E-state index contributed by atoms with van der Waals surface area (Å²) in [4.78, 5) is 44.0. The number of likely N-dealkylation sites (tertiary alicyclic amines) is 1. The van der Waals surface area contributed by atoms with E-state index >= 15 is 0 Å². The molecule has 3 aliphatic heterocycles. The first-order valence-electron chi connectivity index (χ1n) is 15.4. The zero-order chi connectivity index (χ0) is 30.6. The van der Waals surface area contributed by atoms with Gasteiger partial charge < -0.3 is 34.9 Å². The molecule has 43 heavy (non-hydrogen) atoms. The van der Waals surface area contributed by atoms with Crippen LogP contribution in [-0.2, 0) is 19.1 Å². The van der Waals surface area contributed by atoms with Gasteiger partial charge in [-0.2, -0.15) is 0 Å². The molecule has 2 aromatic rings. The number of nitrogens with one attached hydrogen (secondary N) is 2. The highest BCUT2D eigenvalue weighted by atomic mass is 16.5. The highest BCUT2D eigenvalue weighted by molar-refractivity contribution is 6.05. The second-order valence-corrected chi connectivity index (χ2v) is 11.7. The molecule has 0 saturated carbocycles. The number of benzene rings is 2. The van der Waals surface area contributed by atoms with E-state index in [1.54, 1.807) is 60.5 Å². The van der Waals surface area contributed by atoms with Gasteiger partial charge in [-0.25, -0.2) is 0 Å². The number of unbranched alkanes of at least 4 members (excludes halogenated alkanes) is 3. The van der Waals surface area contributed by atoms with E-state index in [4.69, 9.17) is 14.2 Å². The molecule has 10 nitrogen and oxygen atoms in total. The van der Waals surface area contributed by atoms with Gasteiger partial charge in [0.2, 0.25) is 17.7 Å². The SMILES string of the molecule is CCOc1ccc(NC(=O)[C@H]2[C@H]3C(=O)N(CCCCCCO)C(C(=O)Nc4ccc(OC)cc4)C34CC[C@]2(CC)O4)cc1. The Hall–Kier alpha value is -3.63. The summed E-state index contributed by atoms with van der Waals surface area (Å²) >= 11 is 0. The van der Waals surface area contributed by atoms with E-state index in [1.807, 2.05) is 13.8 Å². The molecule has 3 fully saturated rings. The molecule has 2 aromatic carbocycles. The van der Waals surface area contributed by atoms with Crippen LogP contribution in [0.15, 0.2) is 48.5 Å². The molecule has 2 unspecified atom stereocenters. The minimum atomic E-state index is -1.10. The van der Waals surface area contributed by atoms with Crippen LogP contribution in [0, 0.1) is 11.8 Å². The number of carbonyl (C=O) groups excluding carboxylic acids is 3. The quantitative estimate of drug-likeness (QED) is 0.278. The zero-order valence-electron chi connectivity index (χ0n) is 25.3. The number of carbonyl (C=O) groups is 3. The van der Waals surface area contributed by atoms with E-state index in [9.17, 15) is 19.5 Å². The van der Waals surface area contributed by atoms with E-state index in [0.717, 1.165) is 12.8 Å². The van der Waals surface area contributed by atoms with Crippen LogP contribution in [0.2, 0.25) is 0 Å². The van der Waals surface area contributed by atoms with Crippen molar-refractivity contribution in [2.45, 2.75) is 76.0 Å². The van der Waals surface area contributed by atoms with Crippen molar-refractivity contribution in [2.75, 3.05) is 37.5 Å². The van der Waals surface area contributed by atoms with Gasteiger partial charge in [-0.1, -0.05) is 19.8 Å². The summed E-state index contributed by atoms with van der Waals surface area (Å²) in [5.41, 5.74) is -0.739. The third kappa shape index (κ3) is 5.70. The van der Waals surface area contributed by atoms with Gasteiger partial charge in [-0.15, -0.1) is 0 Å². The first kappa shape index (κ1) is 30.8. The van der Waals surface area contributed by atoms with Crippen molar-refractivity contribution in [3.63, 3.8) is 0 Å². The highest BCUT2D eigenvalue weighted by Gasteiger charge is 2.78. The van der Waals surface area contributed by atoms with Crippen molar-refractivity contribution >= 4 is 29.1 Å². The molecule has 10 heteroatoms. The summed E-state index contributed by atoms with van der Waals surface area (Å²) in [6.45, 7) is 4.93. The van der Waals surface area contributed by atoms with Crippen LogP contribution in [0.5, 0.6) is 11.5 Å². The minimum Gasteiger partial charge on any atom is -0.497 e. The summed E-state index contributed by atoms with van der Waals surface area (Å²) < 4.78 is 17.6. The molecule has 3 heterocycles. The summed E-state index contributed by atoms with van der Waals surface area (Å²) in [6, 6.07) is 13.3. The lowest BCUT2D eigenvalue weighted by Crippen LogP contribution is -2.53. The van der Waals surface area contributed by atoms with Crippen molar-refractivity contribution < 1.29 is 33.7 Å². The molecule has 3 amide bonds. The number of hydrogen-bond acceptors (Lipinski definition) is 7. The lowest BCUT2D eigenvalue weighted by molar-refractivity contribution is -0.144. The maximum atomic E-state index is 14.3. The van der Waals surface area contributed by atoms with Crippen molar-refractivity contribution in [3.05, 3.63) is 48.5 Å². The number of amides is 3. The van der Waals surface area contributed by atoms with E-state index in [2.05, 4.69) is 10.6 Å². The Bertz CT molecular complexity index is 1300. The van der Waals surface area contributed by atoms with Crippen LogP contribution in [0.4, 0.5) is 11.4 Å². The second-order valence-electron chi connectivity index (χ2n) is 11.7. The summed E-state index contributed by atoms with van der Waals surface area (Å²) in [5, 5.41) is 15.2. The van der Waals surface area contributed by atoms with E-state index < -0.39 is 29.1 Å². The number of rotatable bonds is 14. The largest absolute Gasteiger partial charge is 0.497 e. The lowest BCUT2D eigenvalue weighted by atomic mass is 9.65. The van der Waals surface area contributed by atoms with Crippen LogP contribution < -0.4 is 20.1 Å². The minimum absolute atomic E-state index is 0.124. The number of anilines is 2. The molecule has 0 radical (unpaired) electrons. The standard InChI is InChI=1S/C33H43N3O7/c1-4-32-18-19-33(43-32)27(26(32)29(38)34-22-12-16-25(17-13-22)42-5-2)31(40)36(20-8-6-7-9-21-37)28(33)30(39)35-23-10-14-24(41-3)15-11-23/h10-17,26-28,37H,4-9,18-21H2,1-3H3,(H,34,38)(H,35,39)/t26-,27+,28?,32+,33?/m1/s1. The van der Waals surface area contributed by atoms with Crippen molar-refractivity contribution in [3.8, 4) is 11.5 Å². The van der Waals surface area contributed by atoms with Crippen molar-refractivity contribution in [1.29, 1.82) is 0 Å². The number of aliphatic hydroxyl groups is 1. The zero-order valence-corrected chi connectivity index (χ0v) is 25.3. The maximum Gasteiger partial charge on any atom is 0.250 e.